The van der Waals surface area contributed by atoms with Crippen LogP contribution in [0.3, 0.4) is 0 Å². The summed E-state index contributed by atoms with van der Waals surface area (Å²) >= 11 is 0.879. The number of aliphatic carboxylic acids is 1. The third-order valence-electron chi connectivity index (χ3n) is 5.16. The van der Waals surface area contributed by atoms with Crippen molar-refractivity contribution in [2.45, 2.75) is 17.5 Å². The van der Waals surface area contributed by atoms with Gasteiger partial charge >= 0.3 is 12.0 Å². The van der Waals surface area contributed by atoms with Crippen molar-refractivity contribution in [2.75, 3.05) is 19.6 Å². The Morgan fingerprint density at radius 3 is 1.92 bits per heavy atom. The van der Waals surface area contributed by atoms with E-state index in [1.54, 1.807) is 6.07 Å². The molecule has 1 atom stereocenters. The Kier molecular flexibility index (Phi) is 10.5. The van der Waals surface area contributed by atoms with Gasteiger partial charge in [0.1, 0.15) is 6.04 Å². The molecule has 3 aromatic rings. The number of hydrogen-bond donors (Lipinski definition) is 6. The lowest BCUT2D eigenvalue weighted by molar-refractivity contribution is -0.138. The second-order valence-electron chi connectivity index (χ2n) is 8.05. The molecule has 4 amide bonds. The van der Waals surface area contributed by atoms with Crippen LogP contribution in [-0.2, 0) is 21.4 Å². The van der Waals surface area contributed by atoms with E-state index in [2.05, 4.69) is 26.0 Å². The summed E-state index contributed by atoms with van der Waals surface area (Å²) in [6, 6.07) is 17.5. The molecule has 14 heteroatoms. The fourth-order valence-electron chi connectivity index (χ4n) is 3.18. The number of rotatable bonds is 13. The Hall–Kier alpha value is -4.27. The molecule has 0 spiro atoms. The van der Waals surface area contributed by atoms with Crippen LogP contribution in [0.5, 0.6) is 0 Å². The molecule has 0 saturated heterocycles. The van der Waals surface area contributed by atoms with Crippen molar-refractivity contribution >= 4 is 45.2 Å². The molecule has 3 rings (SSSR count). The van der Waals surface area contributed by atoms with Gasteiger partial charge in [-0.25, -0.2) is 13.2 Å². The van der Waals surface area contributed by atoms with Crippen LogP contribution in [0.15, 0.2) is 77.7 Å². The normalized spacial score (nSPS) is 11.7. The number of nitrogens with one attached hydrogen (secondary N) is 5. The highest BCUT2D eigenvalue weighted by Gasteiger charge is 2.26. The quantitative estimate of drug-likeness (QED) is 0.166. The van der Waals surface area contributed by atoms with Gasteiger partial charge in [-0.3, -0.25) is 14.4 Å². The molecule has 0 radical (unpaired) electrons. The lowest BCUT2D eigenvalue weighted by Crippen LogP contribution is -2.48. The van der Waals surface area contributed by atoms with E-state index in [9.17, 15) is 32.7 Å². The van der Waals surface area contributed by atoms with Crippen molar-refractivity contribution in [3.05, 3.63) is 88.1 Å². The smallest absolute Gasteiger partial charge is 0.323 e. The van der Waals surface area contributed by atoms with Gasteiger partial charge in [0, 0.05) is 26.2 Å². The third kappa shape index (κ3) is 9.21. The highest BCUT2D eigenvalue weighted by atomic mass is 32.2. The molecule has 6 N–H and O–H groups in total. The predicted molar refractivity (Wildman–Crippen MR) is 144 cm³/mol. The summed E-state index contributed by atoms with van der Waals surface area (Å²) < 4.78 is 26.9. The largest absolute Gasteiger partial charge is 0.480 e. The van der Waals surface area contributed by atoms with E-state index < -0.39 is 40.4 Å². The molecular formula is C25H27N5O7S2. The van der Waals surface area contributed by atoms with Gasteiger partial charge in [-0.15, -0.1) is 11.3 Å². The molecule has 12 nitrogen and oxygen atoms in total. The van der Waals surface area contributed by atoms with Gasteiger partial charge < -0.3 is 26.4 Å². The van der Waals surface area contributed by atoms with Crippen LogP contribution in [0.4, 0.5) is 4.79 Å². The molecule has 0 saturated carbocycles. The van der Waals surface area contributed by atoms with E-state index in [0.29, 0.717) is 6.54 Å². The highest BCUT2D eigenvalue weighted by Crippen LogP contribution is 2.16. The SMILES string of the molecule is O=C(NCCNC(=O)c1ccc(C(=O)NC[C@H](NS(=O)(=O)c2ccccc2)C(=O)O)s1)NCc1ccccc1. The monoisotopic (exact) mass is 573 g/mol. The number of carbonyl (C=O) groups excluding carboxylic acids is 3. The number of thiophene rings is 1. The number of urea groups is 1. The van der Waals surface area contributed by atoms with E-state index in [-0.39, 0.29) is 33.8 Å². The van der Waals surface area contributed by atoms with Crippen LogP contribution >= 0.6 is 11.3 Å². The van der Waals surface area contributed by atoms with Crippen molar-refractivity contribution in [3.63, 3.8) is 0 Å². The van der Waals surface area contributed by atoms with Crippen LogP contribution in [0.1, 0.15) is 24.9 Å². The summed E-state index contributed by atoms with van der Waals surface area (Å²) in [5.74, 6) is -2.59. The third-order valence-corrected chi connectivity index (χ3v) is 7.73. The van der Waals surface area contributed by atoms with Gasteiger partial charge in [0.05, 0.1) is 14.6 Å². The van der Waals surface area contributed by atoms with Crippen molar-refractivity contribution in [1.29, 1.82) is 0 Å². The molecule has 1 heterocycles. The minimum atomic E-state index is -4.12. The maximum absolute atomic E-state index is 12.5. The Morgan fingerprint density at radius 2 is 1.31 bits per heavy atom. The van der Waals surface area contributed by atoms with E-state index in [0.717, 1.165) is 16.9 Å². The van der Waals surface area contributed by atoms with E-state index in [4.69, 9.17) is 0 Å². The van der Waals surface area contributed by atoms with Crippen molar-refractivity contribution in [1.82, 2.24) is 26.0 Å². The number of carboxylic acid groups (broad SMARTS) is 1. The molecule has 39 heavy (non-hydrogen) atoms. The fraction of sp³-hybridized carbons (Fsp3) is 0.200. The van der Waals surface area contributed by atoms with Crippen LogP contribution in [0, 0.1) is 0 Å². The average molecular weight is 574 g/mol. The molecule has 206 valence electrons. The molecule has 0 bridgehead atoms. The lowest BCUT2D eigenvalue weighted by Gasteiger charge is -2.15. The zero-order valence-corrected chi connectivity index (χ0v) is 22.2. The standard InChI is InChI=1S/C25H27N5O7S2/c31-22(26-13-14-27-25(35)29-15-17-7-3-1-4-8-17)20-11-12-21(38-20)23(32)28-16-19(24(33)34)30-39(36,37)18-9-5-2-6-10-18/h1-12,19,30H,13-16H2,(H,26,31)(H,28,32)(H,33,34)(H2,27,29,35)/t19-/m0/s1. The summed E-state index contributed by atoms with van der Waals surface area (Å²) in [5.41, 5.74) is 0.949. The molecule has 0 aliphatic carbocycles. The Bertz CT molecular complexity index is 1400. The second-order valence-corrected chi connectivity index (χ2v) is 10.8. The van der Waals surface area contributed by atoms with Gasteiger partial charge in [0.2, 0.25) is 10.0 Å². The van der Waals surface area contributed by atoms with Crippen molar-refractivity contribution < 1.29 is 32.7 Å². The van der Waals surface area contributed by atoms with Crippen LogP contribution in [0.25, 0.3) is 0 Å². The van der Waals surface area contributed by atoms with Crippen molar-refractivity contribution in [3.8, 4) is 0 Å². The second kappa shape index (κ2) is 14.0. The molecular weight excluding hydrogens is 546 g/mol. The molecule has 1 aromatic heterocycles. The highest BCUT2D eigenvalue weighted by molar-refractivity contribution is 7.89. The summed E-state index contributed by atoms with van der Waals surface area (Å²) in [6.07, 6.45) is 0. The van der Waals surface area contributed by atoms with E-state index >= 15 is 0 Å². The number of amides is 4. The molecule has 0 fully saturated rings. The minimum Gasteiger partial charge on any atom is -0.480 e. The Morgan fingerprint density at radius 1 is 0.744 bits per heavy atom. The Labute approximate surface area is 228 Å². The maximum atomic E-state index is 12.5. The maximum Gasteiger partial charge on any atom is 0.323 e. The molecule has 0 aliphatic rings. The molecule has 0 aliphatic heterocycles. The molecule has 2 aromatic carbocycles. The first-order chi connectivity index (χ1) is 18.7. The van der Waals surface area contributed by atoms with Gasteiger partial charge in [-0.1, -0.05) is 48.5 Å². The van der Waals surface area contributed by atoms with Gasteiger partial charge in [-0.05, 0) is 29.8 Å². The van der Waals surface area contributed by atoms with Gasteiger partial charge in [0.15, 0.2) is 0 Å². The Balaban J connectivity index is 1.42. The van der Waals surface area contributed by atoms with Crippen LogP contribution in [0.2, 0.25) is 0 Å². The molecule has 0 unspecified atom stereocenters. The van der Waals surface area contributed by atoms with Gasteiger partial charge in [0.25, 0.3) is 11.8 Å². The van der Waals surface area contributed by atoms with Crippen LogP contribution in [-0.4, -0.2) is 63.0 Å². The minimum absolute atomic E-state index is 0.112. The lowest BCUT2D eigenvalue weighted by atomic mass is 10.2. The average Bonchev–Trinajstić information content (AvgIpc) is 3.43. The fourth-order valence-corrected chi connectivity index (χ4v) is 5.23. The van der Waals surface area contributed by atoms with Crippen LogP contribution < -0.4 is 26.0 Å². The summed E-state index contributed by atoms with van der Waals surface area (Å²) in [7, 11) is -4.12. The number of hydrogen-bond acceptors (Lipinski definition) is 7. The van der Waals surface area contributed by atoms with E-state index in [1.165, 1.54) is 36.4 Å². The topological polar surface area (TPSA) is 183 Å². The zero-order chi connectivity index (χ0) is 28.3. The predicted octanol–water partition coefficient (Wildman–Crippen LogP) is 1.14. The summed E-state index contributed by atoms with van der Waals surface area (Å²) in [6.45, 7) is 0.183. The first-order valence-corrected chi connectivity index (χ1v) is 14.0. The summed E-state index contributed by atoms with van der Waals surface area (Å²) in [5, 5.41) is 19.7. The number of benzene rings is 2. The first kappa shape index (κ1) is 29.3. The first-order valence-electron chi connectivity index (χ1n) is 11.7. The zero-order valence-electron chi connectivity index (χ0n) is 20.5. The number of carboxylic acids is 1. The summed E-state index contributed by atoms with van der Waals surface area (Å²) in [4.78, 5) is 48.5. The van der Waals surface area contributed by atoms with Gasteiger partial charge in [-0.2, -0.15) is 4.72 Å². The van der Waals surface area contributed by atoms with Crippen molar-refractivity contribution in [2.24, 2.45) is 0 Å². The van der Waals surface area contributed by atoms with E-state index in [1.807, 2.05) is 30.3 Å². The number of carbonyl (C=O) groups is 4. The number of sulfonamides is 1.